The number of nitrogens with zero attached hydrogens (tertiary/aromatic N) is 4. The van der Waals surface area contributed by atoms with Gasteiger partial charge >= 0.3 is 0 Å². The molecule has 2 heterocycles. The van der Waals surface area contributed by atoms with Crippen molar-refractivity contribution in [3.8, 4) is 5.69 Å². The number of benzene rings is 2. The number of carbonyl (C=O) groups is 1. The molecule has 1 aliphatic heterocycles. The maximum atomic E-state index is 12.5. The molecule has 0 spiro atoms. The zero-order chi connectivity index (χ0) is 17.8. The molecule has 130 valence electrons. The molecule has 1 aromatic heterocycles. The lowest BCUT2D eigenvalue weighted by molar-refractivity contribution is -0.127. The summed E-state index contributed by atoms with van der Waals surface area (Å²) in [5.41, 5.74) is 3.08. The molecule has 0 saturated heterocycles. The molecule has 0 bridgehead atoms. The minimum Gasteiger partial charge on any atom is -0.295 e. The summed E-state index contributed by atoms with van der Waals surface area (Å²) in [6.07, 6.45) is 4.45. The van der Waals surface area contributed by atoms with Gasteiger partial charge < -0.3 is 0 Å². The van der Waals surface area contributed by atoms with Crippen molar-refractivity contribution in [3.05, 3.63) is 78.6 Å². The Labute approximate surface area is 156 Å². The van der Waals surface area contributed by atoms with Crippen LogP contribution in [0.3, 0.4) is 0 Å². The first-order chi connectivity index (χ1) is 12.8. The van der Waals surface area contributed by atoms with Gasteiger partial charge in [-0.25, -0.2) is 9.99 Å². The number of hydrogen-bond donors (Lipinski definition) is 0. The van der Waals surface area contributed by atoms with Crippen molar-refractivity contribution in [2.45, 2.75) is 11.6 Å². The van der Waals surface area contributed by atoms with Crippen LogP contribution >= 0.6 is 11.8 Å². The Morgan fingerprint density at radius 1 is 1.04 bits per heavy atom. The summed E-state index contributed by atoms with van der Waals surface area (Å²) in [7, 11) is 0. The molecule has 0 radical (unpaired) electrons. The molecule has 0 unspecified atom stereocenters. The van der Waals surface area contributed by atoms with Crippen LogP contribution in [0.15, 0.2) is 83.3 Å². The van der Waals surface area contributed by atoms with E-state index in [1.165, 1.54) is 11.8 Å². The van der Waals surface area contributed by atoms with Crippen LogP contribution < -0.4 is 0 Å². The van der Waals surface area contributed by atoms with Gasteiger partial charge in [0.15, 0.2) is 5.16 Å². The Balaban J connectivity index is 1.41. The maximum absolute atomic E-state index is 12.5. The highest BCUT2D eigenvalue weighted by Gasteiger charge is 2.22. The molecule has 2 aromatic carbocycles. The van der Waals surface area contributed by atoms with Crippen LogP contribution in [0.5, 0.6) is 0 Å². The fourth-order valence-corrected chi connectivity index (χ4v) is 3.70. The highest BCUT2D eigenvalue weighted by atomic mass is 32.2. The van der Waals surface area contributed by atoms with Crippen LogP contribution in [0.2, 0.25) is 0 Å². The second kappa shape index (κ2) is 7.58. The number of para-hydroxylation sites is 1. The Morgan fingerprint density at radius 3 is 2.54 bits per heavy atom. The molecular weight excluding hydrogens is 344 g/mol. The smallest absolute Gasteiger partial charge is 0.253 e. The van der Waals surface area contributed by atoms with Gasteiger partial charge in [-0.1, -0.05) is 60.3 Å². The van der Waals surface area contributed by atoms with Crippen LogP contribution in [0, 0.1) is 0 Å². The zero-order valence-electron chi connectivity index (χ0n) is 14.2. The van der Waals surface area contributed by atoms with Gasteiger partial charge in [0.2, 0.25) is 0 Å². The van der Waals surface area contributed by atoms with Gasteiger partial charge in [-0.3, -0.25) is 9.36 Å². The quantitative estimate of drug-likeness (QED) is 0.652. The van der Waals surface area contributed by atoms with Gasteiger partial charge in [0.05, 0.1) is 18.0 Å². The summed E-state index contributed by atoms with van der Waals surface area (Å²) < 4.78 is 1.99. The molecule has 1 aliphatic rings. The highest BCUT2D eigenvalue weighted by Crippen LogP contribution is 2.22. The lowest BCUT2D eigenvalue weighted by atomic mass is 10.1. The van der Waals surface area contributed by atoms with E-state index in [1.54, 1.807) is 11.2 Å². The topological polar surface area (TPSA) is 50.5 Å². The van der Waals surface area contributed by atoms with Crippen molar-refractivity contribution in [3.63, 3.8) is 0 Å². The SMILES string of the molecule is O=C(CSc1nccn1-c1ccccc1)N1CCC(c2ccccc2)=N1. The third kappa shape index (κ3) is 3.55. The monoisotopic (exact) mass is 362 g/mol. The molecule has 5 nitrogen and oxygen atoms in total. The average molecular weight is 362 g/mol. The van der Waals surface area contributed by atoms with Crippen molar-refractivity contribution < 1.29 is 4.79 Å². The number of thioether (sulfide) groups is 1. The number of imidazole rings is 1. The first kappa shape index (κ1) is 16.6. The van der Waals surface area contributed by atoms with Gasteiger partial charge in [-0.15, -0.1) is 0 Å². The van der Waals surface area contributed by atoms with E-state index >= 15 is 0 Å². The van der Waals surface area contributed by atoms with Gasteiger partial charge in [0.25, 0.3) is 5.91 Å². The zero-order valence-corrected chi connectivity index (χ0v) is 15.0. The largest absolute Gasteiger partial charge is 0.295 e. The van der Waals surface area contributed by atoms with Gasteiger partial charge in [-0.2, -0.15) is 5.10 Å². The first-order valence-corrected chi connectivity index (χ1v) is 9.44. The molecule has 0 atom stereocenters. The third-order valence-electron chi connectivity index (χ3n) is 4.16. The average Bonchev–Trinajstić information content (AvgIpc) is 3.37. The van der Waals surface area contributed by atoms with E-state index in [9.17, 15) is 4.79 Å². The first-order valence-electron chi connectivity index (χ1n) is 8.46. The Morgan fingerprint density at radius 2 is 1.77 bits per heavy atom. The summed E-state index contributed by atoms with van der Waals surface area (Å²) in [5.74, 6) is 0.318. The van der Waals surface area contributed by atoms with Crippen LogP contribution in [-0.4, -0.2) is 38.5 Å². The second-order valence-corrected chi connectivity index (χ2v) is 6.83. The molecule has 1 amide bonds. The van der Waals surface area contributed by atoms with Crippen LogP contribution in [-0.2, 0) is 4.79 Å². The third-order valence-corrected chi connectivity index (χ3v) is 5.11. The number of aromatic nitrogens is 2. The van der Waals surface area contributed by atoms with Crippen molar-refractivity contribution in [1.29, 1.82) is 0 Å². The van der Waals surface area contributed by atoms with Crippen molar-refractivity contribution in [1.82, 2.24) is 14.6 Å². The van der Waals surface area contributed by atoms with Crippen LogP contribution in [0.4, 0.5) is 0 Å². The van der Waals surface area contributed by atoms with Crippen LogP contribution in [0.1, 0.15) is 12.0 Å². The predicted octanol–water partition coefficient (Wildman–Crippen LogP) is 3.60. The van der Waals surface area contributed by atoms with Gasteiger partial charge in [-0.05, 0) is 17.7 Å². The fraction of sp³-hybridized carbons (Fsp3) is 0.150. The van der Waals surface area contributed by atoms with E-state index in [1.807, 2.05) is 71.4 Å². The van der Waals surface area contributed by atoms with Gasteiger partial charge in [0.1, 0.15) is 0 Å². The molecule has 3 aromatic rings. The number of carbonyl (C=O) groups excluding carboxylic acids is 1. The van der Waals surface area contributed by atoms with Crippen molar-refractivity contribution in [2.24, 2.45) is 5.10 Å². The van der Waals surface area contributed by atoms with E-state index in [0.29, 0.717) is 12.3 Å². The summed E-state index contributed by atoms with van der Waals surface area (Å²) in [4.78, 5) is 16.9. The molecule has 0 saturated carbocycles. The summed E-state index contributed by atoms with van der Waals surface area (Å²) in [5, 5.41) is 6.88. The molecule has 26 heavy (non-hydrogen) atoms. The molecule has 0 fully saturated rings. The number of rotatable bonds is 5. The minimum atomic E-state index is 0.00328. The van der Waals surface area contributed by atoms with Crippen LogP contribution in [0.25, 0.3) is 5.69 Å². The van der Waals surface area contributed by atoms with E-state index in [-0.39, 0.29) is 5.91 Å². The summed E-state index contributed by atoms with van der Waals surface area (Å²) >= 11 is 1.43. The minimum absolute atomic E-state index is 0.00328. The molecule has 0 N–H and O–H groups in total. The number of hydrazone groups is 1. The summed E-state index contributed by atoms with van der Waals surface area (Å²) in [6.45, 7) is 0.636. The number of hydrogen-bond acceptors (Lipinski definition) is 4. The number of amides is 1. The standard InChI is InChI=1S/C20H18N4OS/c25-19(24-13-11-18(22-24)16-7-3-1-4-8-16)15-26-20-21-12-14-23(20)17-9-5-2-6-10-17/h1-10,12,14H,11,13,15H2. The molecule has 6 heteroatoms. The fourth-order valence-electron chi connectivity index (χ4n) is 2.85. The Bertz CT molecular complexity index is 921. The Hall–Kier alpha value is -2.86. The maximum Gasteiger partial charge on any atom is 0.253 e. The molecule has 0 aliphatic carbocycles. The van der Waals surface area contributed by atoms with E-state index in [2.05, 4.69) is 10.1 Å². The highest BCUT2D eigenvalue weighted by molar-refractivity contribution is 7.99. The Kier molecular flexibility index (Phi) is 4.84. The van der Waals surface area contributed by atoms with Gasteiger partial charge in [0, 0.05) is 24.5 Å². The second-order valence-electron chi connectivity index (χ2n) is 5.88. The van der Waals surface area contributed by atoms with E-state index < -0.39 is 0 Å². The van der Waals surface area contributed by atoms with Crippen molar-refractivity contribution in [2.75, 3.05) is 12.3 Å². The lowest BCUT2D eigenvalue weighted by Gasteiger charge is -2.11. The normalized spacial score (nSPS) is 13.7. The molecule has 4 rings (SSSR count). The lowest BCUT2D eigenvalue weighted by Crippen LogP contribution is -2.25. The van der Waals surface area contributed by atoms with Crippen molar-refractivity contribution >= 4 is 23.4 Å². The van der Waals surface area contributed by atoms with E-state index in [4.69, 9.17) is 0 Å². The summed E-state index contributed by atoms with van der Waals surface area (Å²) in [6, 6.07) is 20.0. The van der Waals surface area contributed by atoms with E-state index in [0.717, 1.165) is 28.5 Å². The predicted molar refractivity (Wildman–Crippen MR) is 104 cm³/mol. The molecular formula is C20H18N4OS.